The van der Waals surface area contributed by atoms with Gasteiger partial charge in [-0.3, -0.25) is 4.79 Å². The molecule has 0 saturated heterocycles. The number of ketones is 1. The number of rotatable bonds is 2. The summed E-state index contributed by atoms with van der Waals surface area (Å²) in [5.74, 6) is -0.167. The van der Waals surface area contributed by atoms with Gasteiger partial charge in [-0.25, -0.2) is 0 Å². The Labute approximate surface area is 95.2 Å². The van der Waals surface area contributed by atoms with Crippen LogP contribution in [-0.2, 0) is 0 Å². The van der Waals surface area contributed by atoms with Crippen LogP contribution in [0.5, 0.6) is 0 Å². The van der Waals surface area contributed by atoms with Crippen molar-refractivity contribution in [2.24, 2.45) is 0 Å². The van der Waals surface area contributed by atoms with E-state index in [1.54, 1.807) is 25.1 Å². The fourth-order valence-corrected chi connectivity index (χ4v) is 1.98. The van der Waals surface area contributed by atoms with Gasteiger partial charge in [-0.2, -0.15) is 0 Å². The van der Waals surface area contributed by atoms with Crippen molar-refractivity contribution in [3.05, 3.63) is 33.3 Å². The summed E-state index contributed by atoms with van der Waals surface area (Å²) in [5.41, 5.74) is 0.451. The van der Waals surface area contributed by atoms with Crippen LogP contribution >= 0.6 is 39.1 Å². The molecule has 0 spiro atoms. The van der Waals surface area contributed by atoms with E-state index in [9.17, 15) is 4.79 Å². The third-order valence-corrected chi connectivity index (χ3v) is 2.74. The van der Waals surface area contributed by atoms with Gasteiger partial charge >= 0.3 is 0 Å². The topological polar surface area (TPSA) is 17.1 Å². The highest BCUT2D eigenvalue weighted by Crippen LogP contribution is 2.26. The van der Waals surface area contributed by atoms with E-state index in [1.807, 2.05) is 0 Å². The van der Waals surface area contributed by atoms with Crippen LogP contribution in [0.2, 0.25) is 5.02 Å². The van der Waals surface area contributed by atoms with Crippen molar-refractivity contribution < 1.29 is 4.79 Å². The molecule has 13 heavy (non-hydrogen) atoms. The van der Waals surface area contributed by atoms with Crippen molar-refractivity contribution in [1.82, 2.24) is 0 Å². The zero-order chi connectivity index (χ0) is 10.0. The van der Waals surface area contributed by atoms with Crippen molar-refractivity contribution in [3.63, 3.8) is 0 Å². The third kappa shape index (κ3) is 2.46. The molecule has 1 aromatic rings. The molecule has 1 nitrogen and oxygen atoms in total. The number of carbonyl (C=O) groups excluding carboxylic acids is 1. The SMILES string of the molecule is CC(Cl)C(=O)c1c(Cl)cccc1Br. The summed E-state index contributed by atoms with van der Waals surface area (Å²) in [5, 5.41) is -0.136. The van der Waals surface area contributed by atoms with Crippen LogP contribution in [0, 0.1) is 0 Å². The van der Waals surface area contributed by atoms with Crippen molar-refractivity contribution in [2.75, 3.05) is 0 Å². The summed E-state index contributed by atoms with van der Waals surface area (Å²) in [6, 6.07) is 5.19. The van der Waals surface area contributed by atoms with E-state index in [0.29, 0.717) is 15.1 Å². The van der Waals surface area contributed by atoms with Gasteiger partial charge in [0.1, 0.15) is 0 Å². The molecule has 1 aromatic carbocycles. The highest BCUT2D eigenvalue weighted by atomic mass is 79.9. The minimum absolute atomic E-state index is 0.167. The molecular weight excluding hydrogens is 275 g/mol. The largest absolute Gasteiger partial charge is 0.292 e. The Kier molecular flexibility index (Phi) is 3.77. The molecule has 0 bridgehead atoms. The maximum absolute atomic E-state index is 11.5. The van der Waals surface area contributed by atoms with Crippen LogP contribution in [0.15, 0.2) is 22.7 Å². The number of Topliss-reactive ketones (excluding diaryl/α,β-unsaturated/α-hetero) is 1. The number of hydrogen-bond donors (Lipinski definition) is 0. The van der Waals surface area contributed by atoms with Gasteiger partial charge in [0.2, 0.25) is 0 Å². The number of carbonyl (C=O) groups is 1. The monoisotopic (exact) mass is 280 g/mol. The van der Waals surface area contributed by atoms with E-state index in [4.69, 9.17) is 23.2 Å². The molecule has 0 aromatic heterocycles. The predicted octanol–water partition coefficient (Wildman–Crippen LogP) is 3.91. The van der Waals surface area contributed by atoms with Gasteiger partial charge in [-0.1, -0.05) is 17.7 Å². The number of alkyl halides is 1. The zero-order valence-electron chi connectivity index (χ0n) is 6.85. The summed E-state index contributed by atoms with van der Waals surface area (Å²) in [4.78, 5) is 11.5. The Morgan fingerprint density at radius 2 is 2.15 bits per heavy atom. The minimum atomic E-state index is -0.559. The first-order valence-electron chi connectivity index (χ1n) is 3.66. The molecule has 0 N–H and O–H groups in total. The zero-order valence-corrected chi connectivity index (χ0v) is 9.95. The van der Waals surface area contributed by atoms with Crippen LogP contribution in [0.1, 0.15) is 17.3 Å². The first kappa shape index (κ1) is 11.0. The van der Waals surface area contributed by atoms with Crippen LogP contribution in [0.3, 0.4) is 0 Å². The smallest absolute Gasteiger partial charge is 0.183 e. The molecule has 0 amide bonds. The molecular formula is C9H7BrCl2O. The minimum Gasteiger partial charge on any atom is -0.292 e. The average Bonchev–Trinajstić information content (AvgIpc) is 2.03. The summed E-state index contributed by atoms with van der Waals surface area (Å²) in [7, 11) is 0. The second-order valence-corrected chi connectivity index (χ2v) is 4.49. The van der Waals surface area contributed by atoms with Crippen LogP contribution < -0.4 is 0 Å². The molecule has 0 heterocycles. The second-order valence-electron chi connectivity index (χ2n) is 2.58. The number of hydrogen-bond acceptors (Lipinski definition) is 1. The first-order chi connectivity index (χ1) is 6.04. The Balaban J connectivity index is 3.20. The average molecular weight is 282 g/mol. The predicted molar refractivity (Wildman–Crippen MR) is 58.8 cm³/mol. The second kappa shape index (κ2) is 4.45. The third-order valence-electron chi connectivity index (χ3n) is 1.57. The number of benzene rings is 1. The van der Waals surface area contributed by atoms with E-state index in [0.717, 1.165) is 0 Å². The molecule has 1 rings (SSSR count). The lowest BCUT2D eigenvalue weighted by atomic mass is 10.1. The maximum Gasteiger partial charge on any atom is 0.183 e. The molecule has 0 aliphatic carbocycles. The van der Waals surface area contributed by atoms with Crippen molar-refractivity contribution in [3.8, 4) is 0 Å². The van der Waals surface area contributed by atoms with Gasteiger partial charge in [0.25, 0.3) is 0 Å². The van der Waals surface area contributed by atoms with E-state index in [2.05, 4.69) is 15.9 Å². The Morgan fingerprint density at radius 1 is 1.54 bits per heavy atom. The fraction of sp³-hybridized carbons (Fsp3) is 0.222. The normalized spacial score (nSPS) is 12.6. The van der Waals surface area contributed by atoms with Crippen molar-refractivity contribution >= 4 is 44.9 Å². The lowest BCUT2D eigenvalue weighted by Crippen LogP contribution is -2.11. The van der Waals surface area contributed by atoms with Gasteiger partial charge in [0.05, 0.1) is 16.0 Å². The molecule has 4 heteroatoms. The Morgan fingerprint density at radius 3 is 2.62 bits per heavy atom. The first-order valence-corrected chi connectivity index (χ1v) is 5.27. The maximum atomic E-state index is 11.5. The standard InChI is InChI=1S/C9H7BrCl2O/c1-5(11)9(13)8-6(10)3-2-4-7(8)12/h2-5H,1H3. The van der Waals surface area contributed by atoms with E-state index in [-0.39, 0.29) is 5.78 Å². The highest BCUT2D eigenvalue weighted by Gasteiger charge is 2.18. The lowest BCUT2D eigenvalue weighted by molar-refractivity contribution is 0.0991. The van der Waals surface area contributed by atoms with E-state index in [1.165, 1.54) is 0 Å². The van der Waals surface area contributed by atoms with Crippen LogP contribution in [0.25, 0.3) is 0 Å². The molecule has 70 valence electrons. The molecule has 1 atom stereocenters. The van der Waals surface area contributed by atoms with E-state index < -0.39 is 5.38 Å². The van der Waals surface area contributed by atoms with Gasteiger partial charge in [0.15, 0.2) is 5.78 Å². The lowest BCUT2D eigenvalue weighted by Gasteiger charge is -2.06. The van der Waals surface area contributed by atoms with Gasteiger partial charge in [0, 0.05) is 4.47 Å². The molecule has 1 unspecified atom stereocenters. The number of halogens is 3. The van der Waals surface area contributed by atoms with Gasteiger partial charge in [-0.15, -0.1) is 11.6 Å². The summed E-state index contributed by atoms with van der Waals surface area (Å²) >= 11 is 14.8. The molecule has 0 radical (unpaired) electrons. The summed E-state index contributed by atoms with van der Waals surface area (Å²) < 4.78 is 0.678. The van der Waals surface area contributed by atoms with Crippen LogP contribution in [0.4, 0.5) is 0 Å². The molecule has 0 aliphatic heterocycles. The van der Waals surface area contributed by atoms with E-state index >= 15 is 0 Å². The van der Waals surface area contributed by atoms with Crippen molar-refractivity contribution in [2.45, 2.75) is 12.3 Å². The fourth-order valence-electron chi connectivity index (χ4n) is 0.932. The highest BCUT2D eigenvalue weighted by molar-refractivity contribution is 9.10. The Bertz CT molecular complexity index is 316. The van der Waals surface area contributed by atoms with Crippen molar-refractivity contribution in [1.29, 1.82) is 0 Å². The quantitative estimate of drug-likeness (QED) is 0.593. The van der Waals surface area contributed by atoms with Crippen LogP contribution in [-0.4, -0.2) is 11.2 Å². The van der Waals surface area contributed by atoms with Gasteiger partial charge in [-0.05, 0) is 35.0 Å². The molecule has 0 aliphatic rings. The Hall–Kier alpha value is -0.0500. The van der Waals surface area contributed by atoms with Gasteiger partial charge < -0.3 is 0 Å². The molecule has 0 saturated carbocycles. The summed E-state index contributed by atoms with van der Waals surface area (Å²) in [6.45, 7) is 1.62. The summed E-state index contributed by atoms with van der Waals surface area (Å²) in [6.07, 6.45) is 0. The molecule has 0 fully saturated rings.